The predicted octanol–water partition coefficient (Wildman–Crippen LogP) is 3.70. The molecule has 0 aliphatic rings. The van der Waals surface area contributed by atoms with E-state index in [1.54, 1.807) is 48.5 Å². The molecule has 138 valence electrons. The molecule has 0 bridgehead atoms. The zero-order valence-corrected chi connectivity index (χ0v) is 15.8. The van der Waals surface area contributed by atoms with Crippen molar-refractivity contribution in [1.82, 2.24) is 4.98 Å². The Bertz CT molecular complexity index is 1060. The highest BCUT2D eigenvalue weighted by molar-refractivity contribution is 8.00. The predicted molar refractivity (Wildman–Crippen MR) is 107 cm³/mol. The lowest BCUT2D eigenvalue weighted by molar-refractivity contribution is -0.113. The average molecular weight is 403 g/mol. The molecule has 2 aromatic carbocycles. The van der Waals surface area contributed by atoms with Gasteiger partial charge in [0.05, 0.1) is 23.4 Å². The Balaban J connectivity index is 1.85. The highest BCUT2D eigenvalue weighted by Gasteiger charge is 2.20. The van der Waals surface area contributed by atoms with Gasteiger partial charge >= 0.3 is 5.97 Å². The zero-order valence-electron chi connectivity index (χ0n) is 14.2. The fourth-order valence-electron chi connectivity index (χ4n) is 2.48. The topological polar surface area (TPSA) is 88.3 Å². The second-order valence-corrected chi connectivity index (χ2v) is 6.96. The van der Waals surface area contributed by atoms with Gasteiger partial charge in [-0.15, -0.1) is 0 Å². The molecular weight excluding hydrogens is 388 g/mol. The molecule has 1 amide bonds. The van der Waals surface area contributed by atoms with Crippen LogP contribution >= 0.6 is 23.4 Å². The summed E-state index contributed by atoms with van der Waals surface area (Å²) in [6.07, 6.45) is 0. The molecule has 3 aromatic rings. The van der Waals surface area contributed by atoms with Crippen LogP contribution < -0.4 is 10.7 Å². The van der Waals surface area contributed by atoms with E-state index in [0.717, 1.165) is 11.8 Å². The molecule has 1 aromatic heterocycles. The van der Waals surface area contributed by atoms with Crippen LogP contribution in [0.5, 0.6) is 0 Å². The summed E-state index contributed by atoms with van der Waals surface area (Å²) < 4.78 is 4.74. The molecule has 0 atom stereocenters. The fourth-order valence-corrected chi connectivity index (χ4v) is 3.45. The van der Waals surface area contributed by atoms with Crippen molar-refractivity contribution in [2.24, 2.45) is 0 Å². The van der Waals surface area contributed by atoms with Gasteiger partial charge in [0.25, 0.3) is 0 Å². The summed E-state index contributed by atoms with van der Waals surface area (Å²) in [7, 11) is 1.21. The first-order valence-corrected chi connectivity index (χ1v) is 9.27. The van der Waals surface area contributed by atoms with Crippen LogP contribution in [0.2, 0.25) is 5.02 Å². The summed E-state index contributed by atoms with van der Waals surface area (Å²) >= 11 is 6.87. The van der Waals surface area contributed by atoms with Crippen LogP contribution in [0.1, 0.15) is 10.4 Å². The van der Waals surface area contributed by atoms with E-state index in [2.05, 4.69) is 10.3 Å². The number of aromatic nitrogens is 1. The minimum Gasteiger partial charge on any atom is -0.465 e. The second-order valence-electron chi connectivity index (χ2n) is 5.54. The summed E-state index contributed by atoms with van der Waals surface area (Å²) in [6, 6.07) is 13.5. The molecule has 3 rings (SSSR count). The number of hydrogen-bond donors (Lipinski definition) is 2. The van der Waals surface area contributed by atoms with Crippen molar-refractivity contribution >= 4 is 51.8 Å². The number of thioether (sulfide) groups is 1. The number of fused-ring (bicyclic) bond motifs is 1. The largest absolute Gasteiger partial charge is 0.465 e. The number of para-hydroxylation sites is 1. The van der Waals surface area contributed by atoms with Gasteiger partial charge < -0.3 is 15.0 Å². The third kappa shape index (κ3) is 4.32. The highest BCUT2D eigenvalue weighted by Crippen LogP contribution is 2.23. The lowest BCUT2D eigenvalue weighted by Gasteiger charge is -2.10. The van der Waals surface area contributed by atoms with Crippen LogP contribution in [0, 0.1) is 0 Å². The van der Waals surface area contributed by atoms with Crippen molar-refractivity contribution in [2.75, 3.05) is 18.2 Å². The van der Waals surface area contributed by atoms with E-state index in [9.17, 15) is 14.4 Å². The summed E-state index contributed by atoms with van der Waals surface area (Å²) in [5.74, 6) is -1.03. The van der Waals surface area contributed by atoms with Gasteiger partial charge in [0.2, 0.25) is 11.3 Å². The van der Waals surface area contributed by atoms with Crippen LogP contribution in [0.4, 0.5) is 5.69 Å². The van der Waals surface area contributed by atoms with Gasteiger partial charge in [-0.2, -0.15) is 0 Å². The van der Waals surface area contributed by atoms with Crippen molar-refractivity contribution in [2.45, 2.75) is 5.03 Å². The third-order valence-electron chi connectivity index (χ3n) is 3.74. The van der Waals surface area contributed by atoms with Crippen molar-refractivity contribution in [3.8, 4) is 0 Å². The highest BCUT2D eigenvalue weighted by atomic mass is 35.5. The summed E-state index contributed by atoms with van der Waals surface area (Å²) in [5.41, 5.74) is 0.637. The number of halogens is 1. The summed E-state index contributed by atoms with van der Waals surface area (Å²) in [4.78, 5) is 40.0. The van der Waals surface area contributed by atoms with Crippen LogP contribution in [-0.2, 0) is 9.53 Å². The quantitative estimate of drug-likeness (QED) is 0.502. The van der Waals surface area contributed by atoms with E-state index in [-0.39, 0.29) is 22.2 Å². The van der Waals surface area contributed by atoms with Crippen molar-refractivity contribution in [3.63, 3.8) is 0 Å². The number of methoxy groups -OCH3 is 1. The van der Waals surface area contributed by atoms with Gasteiger partial charge in [-0.3, -0.25) is 9.59 Å². The maximum atomic E-state index is 12.7. The first-order valence-electron chi connectivity index (χ1n) is 7.91. The normalized spacial score (nSPS) is 10.6. The van der Waals surface area contributed by atoms with Crippen molar-refractivity contribution in [1.29, 1.82) is 0 Å². The van der Waals surface area contributed by atoms with E-state index in [4.69, 9.17) is 16.3 Å². The minimum absolute atomic E-state index is 0.000894. The Morgan fingerprint density at radius 3 is 2.56 bits per heavy atom. The molecule has 0 unspecified atom stereocenters. The number of carbonyl (C=O) groups is 2. The Kier molecular flexibility index (Phi) is 5.83. The van der Waals surface area contributed by atoms with E-state index in [0.29, 0.717) is 21.6 Å². The molecule has 27 heavy (non-hydrogen) atoms. The SMILES string of the molecule is COC(=O)c1c(SCC(=O)Nc2ccc(Cl)cc2)[nH]c2ccccc2c1=O. The van der Waals surface area contributed by atoms with Gasteiger partial charge in [0, 0.05) is 16.1 Å². The van der Waals surface area contributed by atoms with E-state index in [1.807, 2.05) is 0 Å². The van der Waals surface area contributed by atoms with Gasteiger partial charge in [-0.05, 0) is 36.4 Å². The van der Waals surface area contributed by atoms with Crippen molar-refractivity contribution in [3.05, 3.63) is 69.3 Å². The number of H-pyrrole nitrogens is 1. The average Bonchev–Trinajstić information content (AvgIpc) is 2.68. The van der Waals surface area contributed by atoms with Crippen LogP contribution in [0.15, 0.2) is 58.4 Å². The standard InChI is InChI=1S/C19H15ClN2O4S/c1-26-19(25)16-17(24)13-4-2-3-5-14(13)22-18(16)27-10-15(23)21-12-8-6-11(20)7-9-12/h2-9H,10H2,1H3,(H,21,23)(H,22,24). The molecule has 0 fully saturated rings. The molecule has 0 aliphatic heterocycles. The Morgan fingerprint density at radius 2 is 1.85 bits per heavy atom. The van der Waals surface area contributed by atoms with Crippen LogP contribution in [0.25, 0.3) is 10.9 Å². The first-order chi connectivity index (χ1) is 13.0. The molecule has 0 saturated heterocycles. The number of carbonyl (C=O) groups excluding carboxylic acids is 2. The van der Waals surface area contributed by atoms with E-state index >= 15 is 0 Å². The molecule has 0 radical (unpaired) electrons. The summed E-state index contributed by atoms with van der Waals surface area (Å²) in [6.45, 7) is 0. The Labute approximate surface area is 163 Å². The minimum atomic E-state index is -0.748. The zero-order chi connectivity index (χ0) is 19.4. The lowest BCUT2D eigenvalue weighted by Crippen LogP contribution is -2.20. The molecule has 1 heterocycles. The molecule has 0 aliphatic carbocycles. The third-order valence-corrected chi connectivity index (χ3v) is 4.99. The number of aromatic amines is 1. The number of anilines is 1. The smallest absolute Gasteiger partial charge is 0.344 e. The maximum Gasteiger partial charge on any atom is 0.344 e. The molecule has 2 N–H and O–H groups in total. The number of pyridine rings is 1. The molecular formula is C19H15ClN2O4S. The molecule has 8 heteroatoms. The van der Waals surface area contributed by atoms with Gasteiger partial charge in [-0.1, -0.05) is 35.5 Å². The Hall–Kier alpha value is -2.77. The number of hydrogen-bond acceptors (Lipinski definition) is 5. The van der Waals surface area contributed by atoms with Crippen LogP contribution in [-0.4, -0.2) is 29.7 Å². The Morgan fingerprint density at radius 1 is 1.15 bits per heavy atom. The number of esters is 1. The fraction of sp³-hybridized carbons (Fsp3) is 0.105. The van der Waals surface area contributed by atoms with Gasteiger partial charge in [0.15, 0.2) is 0 Å². The number of rotatable bonds is 5. The van der Waals surface area contributed by atoms with Gasteiger partial charge in [0.1, 0.15) is 5.56 Å². The number of ether oxygens (including phenoxy) is 1. The second kappa shape index (κ2) is 8.28. The van der Waals surface area contributed by atoms with Gasteiger partial charge in [-0.25, -0.2) is 4.79 Å². The van der Waals surface area contributed by atoms with E-state index in [1.165, 1.54) is 7.11 Å². The number of amides is 1. The maximum absolute atomic E-state index is 12.7. The number of benzene rings is 2. The number of nitrogens with one attached hydrogen (secondary N) is 2. The van der Waals surface area contributed by atoms with Crippen LogP contribution in [0.3, 0.4) is 0 Å². The monoisotopic (exact) mass is 402 g/mol. The molecule has 0 spiro atoms. The molecule has 6 nitrogen and oxygen atoms in total. The molecule has 0 saturated carbocycles. The van der Waals surface area contributed by atoms with E-state index < -0.39 is 11.4 Å². The summed E-state index contributed by atoms with van der Waals surface area (Å²) in [5, 5.41) is 3.97. The van der Waals surface area contributed by atoms with Crippen molar-refractivity contribution < 1.29 is 14.3 Å². The first kappa shape index (κ1) is 19.0. The lowest BCUT2D eigenvalue weighted by atomic mass is 10.1.